The molecular formula is C19H25N7O7S2. The highest BCUT2D eigenvalue weighted by Gasteiger charge is 2.54. The number of likely N-dealkylation sites (N-methyl/N-ethyl adjacent to an activating group) is 1. The van der Waals surface area contributed by atoms with E-state index in [1.807, 2.05) is 7.05 Å². The first kappa shape index (κ1) is 25.3. The van der Waals surface area contributed by atoms with Crippen molar-refractivity contribution in [3.05, 3.63) is 17.1 Å². The molecule has 0 radical (unpaired) electrons. The molecule has 0 saturated carbocycles. The van der Waals surface area contributed by atoms with Crippen LogP contribution in [0.4, 0.5) is 5.13 Å². The molecule has 5 atom stereocenters. The van der Waals surface area contributed by atoms with Gasteiger partial charge in [0.1, 0.15) is 37.7 Å². The van der Waals surface area contributed by atoms with Gasteiger partial charge in [0, 0.05) is 29.3 Å². The summed E-state index contributed by atoms with van der Waals surface area (Å²) in [6.07, 6.45) is -1.35. The molecule has 16 heteroatoms. The SMILES string of the molecule is CO/N=C(\C(=O)N[C@@H]1C(=O)N2C(C(=O)[O-])=C(C[N+]3(C)CC[C@H](O)[C@@H](O)C3)CS[C@H]12)c1nsc(N)n1. The van der Waals surface area contributed by atoms with Crippen LogP contribution in [0.25, 0.3) is 0 Å². The summed E-state index contributed by atoms with van der Waals surface area (Å²) in [5.41, 5.74) is 5.58. The molecule has 1 aromatic heterocycles. The van der Waals surface area contributed by atoms with Crippen molar-refractivity contribution in [3.8, 4) is 0 Å². The van der Waals surface area contributed by atoms with Crippen LogP contribution in [0.15, 0.2) is 16.4 Å². The van der Waals surface area contributed by atoms with Gasteiger partial charge in [0.05, 0.1) is 31.4 Å². The number of aromatic nitrogens is 2. The average Bonchev–Trinajstić information content (AvgIpc) is 3.23. The number of carbonyl (C=O) groups is 3. The second kappa shape index (κ2) is 9.69. The minimum Gasteiger partial charge on any atom is -0.543 e. The number of aliphatic carboxylic acids is 1. The number of aliphatic hydroxyl groups is 2. The van der Waals surface area contributed by atoms with Crippen molar-refractivity contribution in [2.45, 2.75) is 30.0 Å². The molecule has 0 aliphatic carbocycles. The largest absolute Gasteiger partial charge is 0.543 e. The number of oxime groups is 1. The first-order valence-electron chi connectivity index (χ1n) is 10.6. The summed E-state index contributed by atoms with van der Waals surface area (Å²) in [5, 5.41) is 37.6. The second-order valence-electron chi connectivity index (χ2n) is 8.79. The van der Waals surface area contributed by atoms with Crippen molar-refractivity contribution in [1.82, 2.24) is 19.6 Å². The fraction of sp³-hybridized carbons (Fsp3) is 0.579. The number of nitrogens with two attached hydrogens (primary N) is 1. The van der Waals surface area contributed by atoms with Crippen molar-refractivity contribution in [2.75, 3.05) is 45.3 Å². The maximum absolute atomic E-state index is 13.0. The number of nitrogens with one attached hydrogen (secondary N) is 1. The van der Waals surface area contributed by atoms with Crippen molar-refractivity contribution in [1.29, 1.82) is 0 Å². The third-order valence-corrected chi connectivity index (χ3v) is 8.07. The molecule has 35 heavy (non-hydrogen) atoms. The number of rotatable bonds is 7. The van der Waals surface area contributed by atoms with Crippen molar-refractivity contribution >= 4 is 51.9 Å². The maximum atomic E-state index is 13.0. The molecule has 4 rings (SSSR count). The number of nitrogen functional groups attached to an aromatic ring is 1. The molecule has 0 bridgehead atoms. The normalized spacial score (nSPS) is 31.0. The number of likely N-dealkylation sites (tertiary alicyclic amines) is 1. The summed E-state index contributed by atoms with van der Waals surface area (Å²) in [7, 11) is 3.10. The fourth-order valence-corrected chi connectivity index (χ4v) is 6.28. The van der Waals surface area contributed by atoms with Crippen LogP contribution in [-0.2, 0) is 19.2 Å². The lowest BCUT2D eigenvalue weighted by atomic mass is 9.99. The van der Waals surface area contributed by atoms with E-state index in [-0.39, 0.29) is 35.5 Å². The minimum atomic E-state index is -1.49. The average molecular weight is 528 g/mol. The zero-order valence-electron chi connectivity index (χ0n) is 18.9. The van der Waals surface area contributed by atoms with E-state index in [0.29, 0.717) is 28.8 Å². The van der Waals surface area contributed by atoms with Gasteiger partial charge in [-0.3, -0.25) is 14.5 Å². The quantitative estimate of drug-likeness (QED) is 0.118. The molecule has 1 aromatic rings. The molecule has 2 saturated heterocycles. The Labute approximate surface area is 208 Å². The number of thioether (sulfide) groups is 1. The van der Waals surface area contributed by atoms with Gasteiger partial charge in [0.15, 0.2) is 5.13 Å². The number of carboxylic acid groups (broad SMARTS) is 1. The van der Waals surface area contributed by atoms with Crippen molar-refractivity contribution < 1.29 is 39.0 Å². The Bertz CT molecular complexity index is 1110. The van der Waals surface area contributed by atoms with Crippen LogP contribution in [-0.4, -0.2) is 116 Å². The topological polar surface area (TPSA) is 203 Å². The smallest absolute Gasteiger partial charge is 0.278 e. The Morgan fingerprint density at radius 2 is 2.14 bits per heavy atom. The lowest BCUT2D eigenvalue weighted by Crippen LogP contribution is -2.72. The highest BCUT2D eigenvalue weighted by molar-refractivity contribution is 8.00. The van der Waals surface area contributed by atoms with Gasteiger partial charge < -0.3 is 40.5 Å². The van der Waals surface area contributed by atoms with E-state index < -0.39 is 41.4 Å². The summed E-state index contributed by atoms with van der Waals surface area (Å²) < 4.78 is 4.25. The molecule has 190 valence electrons. The molecule has 4 heterocycles. The van der Waals surface area contributed by atoms with E-state index in [2.05, 4.69) is 19.8 Å². The molecule has 0 aromatic carbocycles. The van der Waals surface area contributed by atoms with E-state index in [1.54, 1.807) is 0 Å². The molecule has 2 fully saturated rings. The second-order valence-corrected chi connectivity index (χ2v) is 10.7. The van der Waals surface area contributed by atoms with Crippen molar-refractivity contribution in [3.63, 3.8) is 0 Å². The lowest BCUT2D eigenvalue weighted by Gasteiger charge is -2.51. The molecule has 1 unspecified atom stereocenters. The van der Waals surface area contributed by atoms with Gasteiger partial charge in [0.2, 0.25) is 11.5 Å². The number of nitrogens with zero attached hydrogens (tertiary/aromatic N) is 5. The summed E-state index contributed by atoms with van der Waals surface area (Å²) >= 11 is 2.17. The van der Waals surface area contributed by atoms with E-state index in [0.717, 1.165) is 16.4 Å². The van der Waals surface area contributed by atoms with E-state index >= 15 is 0 Å². The Morgan fingerprint density at radius 1 is 1.40 bits per heavy atom. The third kappa shape index (κ3) is 4.84. The van der Waals surface area contributed by atoms with Gasteiger partial charge in [-0.1, -0.05) is 5.16 Å². The third-order valence-electron chi connectivity index (χ3n) is 6.19. The monoisotopic (exact) mass is 527 g/mol. The van der Waals surface area contributed by atoms with Gasteiger partial charge in [-0.05, 0) is 0 Å². The first-order chi connectivity index (χ1) is 16.5. The predicted octanol–water partition coefficient (Wildman–Crippen LogP) is -3.55. The Balaban J connectivity index is 1.51. The summed E-state index contributed by atoms with van der Waals surface area (Å²) in [6, 6.07) is -1.00. The van der Waals surface area contributed by atoms with Gasteiger partial charge in [-0.15, -0.1) is 11.8 Å². The molecule has 3 aliphatic heterocycles. The van der Waals surface area contributed by atoms with Crippen LogP contribution in [0.1, 0.15) is 12.2 Å². The first-order valence-corrected chi connectivity index (χ1v) is 12.5. The molecule has 14 nitrogen and oxygen atoms in total. The zero-order valence-corrected chi connectivity index (χ0v) is 20.5. The van der Waals surface area contributed by atoms with Crippen LogP contribution in [0.5, 0.6) is 0 Å². The number of quaternary nitrogens is 1. The maximum Gasteiger partial charge on any atom is 0.278 e. The standard InChI is InChI=1S/C19H25N7O7S2/c1-26(4-3-9(27)10(28)6-26)5-8-7-34-17-12(16(30)25(17)13(8)18(31)32)21-15(29)11(23-33-2)14-22-19(20)35-24-14/h9-10,12,17,27-28H,3-7H2,1-2H3,(H3-,20,21,22,24,29,31,32)/b23-11-/t9-,10-,12+,17+,26?/m0/s1. The molecular weight excluding hydrogens is 502 g/mol. The van der Waals surface area contributed by atoms with E-state index in [4.69, 9.17) is 10.6 Å². The number of anilines is 1. The highest BCUT2D eigenvalue weighted by atomic mass is 32.2. The summed E-state index contributed by atoms with van der Waals surface area (Å²) in [5.74, 6) is -2.63. The number of amides is 2. The highest BCUT2D eigenvalue weighted by Crippen LogP contribution is 2.41. The van der Waals surface area contributed by atoms with E-state index in [9.17, 15) is 29.7 Å². The summed E-state index contributed by atoms with van der Waals surface area (Å²) in [6.45, 7) is 1.07. The Morgan fingerprint density at radius 3 is 2.74 bits per heavy atom. The number of piperidine rings is 1. The van der Waals surface area contributed by atoms with Crippen LogP contribution < -0.4 is 16.2 Å². The zero-order chi connectivity index (χ0) is 25.5. The molecule has 2 amide bonds. The Kier molecular flexibility index (Phi) is 7.01. The number of hydrogen-bond donors (Lipinski definition) is 4. The molecule has 3 aliphatic rings. The van der Waals surface area contributed by atoms with Crippen LogP contribution in [0, 0.1) is 0 Å². The number of fused-ring (bicyclic) bond motifs is 1. The predicted molar refractivity (Wildman–Crippen MR) is 122 cm³/mol. The minimum absolute atomic E-state index is 0.0600. The van der Waals surface area contributed by atoms with E-state index in [1.165, 1.54) is 18.9 Å². The van der Waals surface area contributed by atoms with Gasteiger partial charge in [-0.25, -0.2) is 0 Å². The van der Waals surface area contributed by atoms with Crippen LogP contribution in [0.3, 0.4) is 0 Å². The van der Waals surface area contributed by atoms with Gasteiger partial charge in [-0.2, -0.15) is 9.36 Å². The van der Waals surface area contributed by atoms with Crippen LogP contribution in [0.2, 0.25) is 0 Å². The molecule has 5 N–H and O–H groups in total. The molecule has 0 spiro atoms. The number of β-lactam (4-membered cyclic amide) rings is 1. The van der Waals surface area contributed by atoms with Crippen molar-refractivity contribution in [2.24, 2.45) is 5.16 Å². The fourth-order valence-electron chi connectivity index (χ4n) is 4.51. The number of aliphatic hydroxyl groups excluding tert-OH is 2. The number of carbonyl (C=O) groups excluding carboxylic acids is 3. The number of carboxylic acids is 1. The Hall–Kier alpha value is -2.79. The number of hydrogen-bond acceptors (Lipinski definition) is 13. The van der Waals surface area contributed by atoms with Gasteiger partial charge >= 0.3 is 0 Å². The summed E-state index contributed by atoms with van der Waals surface area (Å²) in [4.78, 5) is 47.5. The van der Waals surface area contributed by atoms with Crippen LogP contribution >= 0.6 is 23.3 Å². The van der Waals surface area contributed by atoms with Gasteiger partial charge in [0.25, 0.3) is 11.8 Å². The lowest BCUT2D eigenvalue weighted by molar-refractivity contribution is -0.914.